The quantitative estimate of drug-likeness (QED) is 0.513. The molecule has 0 heterocycles. The second-order valence-electron chi connectivity index (χ2n) is 0.542. The number of rotatable bonds is 1. The fraction of sp³-hybridized carbons (Fsp3) is 0. The van der Waals surface area contributed by atoms with Gasteiger partial charge >= 0.3 is 5.97 Å². The number of hydrogen-bond acceptors (Lipinski definition) is 1. The lowest BCUT2D eigenvalue weighted by Gasteiger charge is -1.64. The Morgan fingerprint density at radius 1 is 0.647 bits per heavy atom. The van der Waals surface area contributed by atoms with Gasteiger partial charge in [-0.1, -0.05) is 6.58 Å². The normalized spacial score (nSPS) is 3.29. The predicted octanol–water partition coefficient (Wildman–Crippen LogP) is 5.07. The van der Waals surface area contributed by atoms with Crippen molar-refractivity contribution in [2.75, 3.05) is 0 Å². The molecule has 2 nitrogen and oxygen atoms in total. The van der Waals surface area contributed by atoms with Gasteiger partial charge in [0.15, 0.2) is 0 Å². The zero-order valence-electron chi connectivity index (χ0n) is 11.1. The van der Waals surface area contributed by atoms with E-state index in [4.69, 9.17) is 5.11 Å². The number of aliphatic carboxylic acids is 1. The van der Waals surface area contributed by atoms with E-state index in [9.17, 15) is 4.79 Å². The molecule has 0 aliphatic rings. The molecule has 0 bridgehead atoms. The van der Waals surface area contributed by atoms with E-state index in [-0.39, 0.29) is 0 Å². The first-order valence-corrected chi connectivity index (χ1v) is 4.12. The topological polar surface area (TPSA) is 37.3 Å². The first kappa shape index (κ1) is 46.6. The second-order valence-corrected chi connectivity index (χ2v) is 0.542. The molecule has 0 aromatic rings. The SMILES string of the molecule is C=C.C=C.C=C.C=C.C=C.C=C.C=CC(=O)O. The van der Waals surface area contributed by atoms with Gasteiger partial charge in [-0.15, -0.1) is 78.9 Å². The van der Waals surface area contributed by atoms with Crippen molar-refractivity contribution in [1.29, 1.82) is 0 Å². The lowest BCUT2D eigenvalue weighted by atomic mass is 10.7. The van der Waals surface area contributed by atoms with Crippen LogP contribution >= 0.6 is 0 Å². The van der Waals surface area contributed by atoms with Crippen molar-refractivity contribution >= 4 is 5.97 Å². The maximum atomic E-state index is 9.25. The summed E-state index contributed by atoms with van der Waals surface area (Å²) < 4.78 is 0. The minimum Gasteiger partial charge on any atom is -0.478 e. The van der Waals surface area contributed by atoms with E-state index in [1.807, 2.05) is 0 Å². The zero-order valence-corrected chi connectivity index (χ0v) is 11.1. The lowest BCUT2D eigenvalue weighted by Crippen LogP contribution is -1.82. The minimum atomic E-state index is -0.981. The highest BCUT2D eigenvalue weighted by molar-refractivity contribution is 5.78. The maximum absolute atomic E-state index is 9.25. The minimum absolute atomic E-state index is 0.833. The number of carbonyl (C=O) groups is 1. The monoisotopic (exact) mass is 240 g/mol. The molecule has 0 fully saturated rings. The Labute approximate surface area is 108 Å². The van der Waals surface area contributed by atoms with Gasteiger partial charge in [0.25, 0.3) is 0 Å². The number of carboxylic acids is 1. The molecule has 0 amide bonds. The van der Waals surface area contributed by atoms with E-state index in [0.29, 0.717) is 0 Å². The van der Waals surface area contributed by atoms with Crippen LogP contribution in [0.3, 0.4) is 0 Å². The fourth-order valence-electron chi connectivity index (χ4n) is 0. The summed E-state index contributed by atoms with van der Waals surface area (Å²) in [7, 11) is 0. The molecule has 2 heteroatoms. The molecule has 0 aromatic heterocycles. The molecule has 100 valence electrons. The van der Waals surface area contributed by atoms with E-state index in [0.717, 1.165) is 6.08 Å². The lowest BCUT2D eigenvalue weighted by molar-refractivity contribution is -0.131. The largest absolute Gasteiger partial charge is 0.478 e. The van der Waals surface area contributed by atoms with Gasteiger partial charge in [-0.05, 0) is 0 Å². The van der Waals surface area contributed by atoms with Crippen molar-refractivity contribution in [1.82, 2.24) is 0 Å². The van der Waals surface area contributed by atoms with Gasteiger partial charge in [0.2, 0.25) is 0 Å². The molecule has 0 atom stereocenters. The standard InChI is InChI=1S/C3H4O2.6C2H4/c1-2-3(4)5;6*1-2/h2H,1H2,(H,4,5);6*1-2H2. The Morgan fingerprint density at radius 2 is 0.706 bits per heavy atom. The van der Waals surface area contributed by atoms with Gasteiger partial charge in [-0.3, -0.25) is 0 Å². The highest BCUT2D eigenvalue weighted by atomic mass is 16.4. The van der Waals surface area contributed by atoms with Crippen LogP contribution in [0.2, 0.25) is 0 Å². The Bertz CT molecular complexity index is 105. The van der Waals surface area contributed by atoms with Gasteiger partial charge < -0.3 is 5.11 Å². The fourth-order valence-corrected chi connectivity index (χ4v) is 0. The Hall–Kier alpha value is -2.35. The van der Waals surface area contributed by atoms with Crippen molar-refractivity contribution in [3.05, 3.63) is 91.6 Å². The van der Waals surface area contributed by atoms with E-state index >= 15 is 0 Å². The predicted molar refractivity (Wildman–Crippen MR) is 85.4 cm³/mol. The zero-order chi connectivity index (χ0) is 16.3. The summed E-state index contributed by atoms with van der Waals surface area (Å²) in [6.07, 6.45) is 0.833. The first-order valence-electron chi connectivity index (χ1n) is 4.12. The van der Waals surface area contributed by atoms with Crippen LogP contribution in [-0.2, 0) is 4.79 Å². The molecule has 0 aromatic carbocycles. The molecular weight excluding hydrogens is 212 g/mol. The first-order chi connectivity index (χ1) is 8.27. The third-order valence-electron chi connectivity index (χ3n) is 0.175. The van der Waals surface area contributed by atoms with Crippen LogP contribution in [0.4, 0.5) is 0 Å². The van der Waals surface area contributed by atoms with E-state index in [1.54, 1.807) is 0 Å². The molecular formula is C15H28O2. The summed E-state index contributed by atoms with van der Waals surface area (Å²) in [6, 6.07) is 0. The Kier molecular flexibility index (Phi) is 2200. The summed E-state index contributed by atoms with van der Waals surface area (Å²) in [4.78, 5) is 9.25. The van der Waals surface area contributed by atoms with Crippen molar-refractivity contribution in [3.8, 4) is 0 Å². The average molecular weight is 240 g/mol. The van der Waals surface area contributed by atoms with Crippen LogP contribution in [0.15, 0.2) is 91.6 Å². The Balaban J connectivity index is -0.0000000147. The van der Waals surface area contributed by atoms with Gasteiger partial charge in [-0.2, -0.15) is 0 Å². The maximum Gasteiger partial charge on any atom is 0.327 e. The summed E-state index contributed by atoms with van der Waals surface area (Å²) in [6.45, 7) is 39.0. The van der Waals surface area contributed by atoms with E-state index in [1.165, 1.54) is 0 Å². The molecule has 0 radical (unpaired) electrons. The third-order valence-corrected chi connectivity index (χ3v) is 0.175. The molecule has 0 spiro atoms. The highest BCUT2D eigenvalue weighted by Crippen LogP contribution is 1.54. The van der Waals surface area contributed by atoms with Gasteiger partial charge in [0, 0.05) is 6.08 Å². The van der Waals surface area contributed by atoms with Gasteiger partial charge in [0.1, 0.15) is 0 Å². The molecule has 0 aliphatic carbocycles. The third kappa shape index (κ3) is 15100. The van der Waals surface area contributed by atoms with Crippen LogP contribution in [0, 0.1) is 0 Å². The van der Waals surface area contributed by atoms with Crippen LogP contribution in [0.5, 0.6) is 0 Å². The highest BCUT2D eigenvalue weighted by Gasteiger charge is 1.73. The van der Waals surface area contributed by atoms with Crippen LogP contribution in [0.1, 0.15) is 0 Å². The molecule has 1 N–H and O–H groups in total. The van der Waals surface area contributed by atoms with Crippen molar-refractivity contribution in [2.24, 2.45) is 0 Å². The van der Waals surface area contributed by atoms with Crippen LogP contribution in [-0.4, -0.2) is 11.1 Å². The average Bonchev–Trinajstić information content (AvgIpc) is 2.51. The number of carboxylic acid groups (broad SMARTS) is 1. The van der Waals surface area contributed by atoms with Crippen molar-refractivity contribution in [3.63, 3.8) is 0 Å². The van der Waals surface area contributed by atoms with E-state index < -0.39 is 5.97 Å². The molecule has 0 saturated carbocycles. The molecule has 0 unspecified atom stereocenters. The van der Waals surface area contributed by atoms with Crippen molar-refractivity contribution in [2.45, 2.75) is 0 Å². The smallest absolute Gasteiger partial charge is 0.327 e. The summed E-state index contributed by atoms with van der Waals surface area (Å²) in [5.74, 6) is -0.981. The second kappa shape index (κ2) is 802. The number of hydrogen-bond donors (Lipinski definition) is 1. The summed E-state index contributed by atoms with van der Waals surface area (Å²) in [5.41, 5.74) is 0. The van der Waals surface area contributed by atoms with E-state index in [2.05, 4.69) is 85.5 Å². The van der Waals surface area contributed by atoms with Crippen molar-refractivity contribution < 1.29 is 9.90 Å². The molecule has 0 aliphatic heterocycles. The molecule has 17 heavy (non-hydrogen) atoms. The van der Waals surface area contributed by atoms with Gasteiger partial charge in [0.05, 0.1) is 0 Å². The Morgan fingerprint density at radius 3 is 0.706 bits per heavy atom. The summed E-state index contributed by atoms with van der Waals surface area (Å²) in [5, 5.41) is 7.60. The van der Waals surface area contributed by atoms with Crippen LogP contribution in [0.25, 0.3) is 0 Å². The van der Waals surface area contributed by atoms with Crippen LogP contribution < -0.4 is 0 Å². The van der Waals surface area contributed by atoms with Gasteiger partial charge in [-0.25, -0.2) is 4.79 Å². The molecule has 0 rings (SSSR count). The summed E-state index contributed by atoms with van der Waals surface area (Å²) >= 11 is 0. The molecule has 0 saturated heterocycles.